The number of benzene rings is 2. The number of nitrogens with zero attached hydrogens (tertiary/aromatic N) is 2. The summed E-state index contributed by atoms with van der Waals surface area (Å²) in [6.07, 6.45) is 1.79. The zero-order valence-electron chi connectivity index (χ0n) is 15.9. The summed E-state index contributed by atoms with van der Waals surface area (Å²) in [6, 6.07) is 15.8. The van der Waals surface area contributed by atoms with Crippen molar-refractivity contribution in [3.05, 3.63) is 54.4 Å². The Morgan fingerprint density at radius 2 is 1.96 bits per heavy atom. The van der Waals surface area contributed by atoms with Gasteiger partial charge in [0, 0.05) is 20.0 Å². The molecule has 3 aromatic rings. The predicted octanol–water partition coefficient (Wildman–Crippen LogP) is 2.50. The van der Waals surface area contributed by atoms with Gasteiger partial charge in [0.1, 0.15) is 18.5 Å². The molecular formula is C21H25N5O2. The highest BCUT2D eigenvalue weighted by Gasteiger charge is 2.20. The van der Waals surface area contributed by atoms with Crippen LogP contribution in [0.3, 0.4) is 0 Å². The van der Waals surface area contributed by atoms with Gasteiger partial charge < -0.3 is 25.1 Å². The highest BCUT2D eigenvalue weighted by atomic mass is 16.6. The van der Waals surface area contributed by atoms with Crippen LogP contribution in [-0.4, -0.2) is 48.8 Å². The molecule has 3 N–H and O–H groups in total. The zero-order valence-corrected chi connectivity index (χ0v) is 15.9. The third kappa shape index (κ3) is 4.36. The number of ether oxygens (including phenoxy) is 2. The number of H-pyrrole nitrogens is 1. The Balaban J connectivity index is 1.19. The second-order valence-electron chi connectivity index (χ2n) is 6.68. The number of hydrogen-bond donors (Lipinski definition) is 3. The predicted molar refractivity (Wildman–Crippen MR) is 110 cm³/mol. The molecule has 0 radical (unpaired) electrons. The van der Waals surface area contributed by atoms with Gasteiger partial charge in [0.05, 0.1) is 17.6 Å². The molecule has 1 aromatic heterocycles. The Hall–Kier alpha value is -3.22. The summed E-state index contributed by atoms with van der Waals surface area (Å²) in [5.41, 5.74) is 2.10. The van der Waals surface area contributed by atoms with Crippen LogP contribution in [0.15, 0.2) is 53.5 Å². The lowest BCUT2D eigenvalue weighted by molar-refractivity contribution is 0.0936. The van der Waals surface area contributed by atoms with Crippen LogP contribution in [0.4, 0.5) is 0 Å². The SMILES string of the molecule is CN=C(NCCCc1nc2ccccc2[nH]1)NCC1COc2ccccc2O1. The van der Waals surface area contributed by atoms with Crippen molar-refractivity contribution in [2.75, 3.05) is 26.7 Å². The van der Waals surface area contributed by atoms with Gasteiger partial charge >= 0.3 is 0 Å². The number of aromatic amines is 1. The molecular weight excluding hydrogens is 354 g/mol. The molecule has 1 atom stereocenters. The van der Waals surface area contributed by atoms with Gasteiger partial charge in [0.25, 0.3) is 0 Å². The molecule has 0 spiro atoms. The summed E-state index contributed by atoms with van der Waals surface area (Å²) < 4.78 is 11.7. The number of guanidine groups is 1. The first kappa shape index (κ1) is 18.2. The fourth-order valence-corrected chi connectivity index (χ4v) is 3.18. The van der Waals surface area contributed by atoms with E-state index in [4.69, 9.17) is 9.47 Å². The van der Waals surface area contributed by atoms with Crippen LogP contribution in [0.1, 0.15) is 12.2 Å². The average Bonchev–Trinajstić information content (AvgIpc) is 3.16. The number of aromatic nitrogens is 2. The van der Waals surface area contributed by atoms with Crippen LogP contribution in [-0.2, 0) is 6.42 Å². The summed E-state index contributed by atoms with van der Waals surface area (Å²) in [4.78, 5) is 12.2. The summed E-state index contributed by atoms with van der Waals surface area (Å²) >= 11 is 0. The van der Waals surface area contributed by atoms with E-state index in [1.165, 1.54) is 0 Å². The number of hydrogen-bond acceptors (Lipinski definition) is 4. The summed E-state index contributed by atoms with van der Waals surface area (Å²) in [5, 5.41) is 6.63. The van der Waals surface area contributed by atoms with Crippen molar-refractivity contribution in [2.24, 2.45) is 4.99 Å². The smallest absolute Gasteiger partial charge is 0.191 e. The van der Waals surface area contributed by atoms with Crippen molar-refractivity contribution in [3.63, 3.8) is 0 Å². The first-order valence-electron chi connectivity index (χ1n) is 9.58. The first-order chi connectivity index (χ1) is 13.8. The summed E-state index contributed by atoms with van der Waals surface area (Å²) in [6.45, 7) is 1.95. The quantitative estimate of drug-likeness (QED) is 0.348. The molecule has 146 valence electrons. The average molecular weight is 379 g/mol. The molecule has 7 heteroatoms. The third-order valence-electron chi connectivity index (χ3n) is 4.61. The minimum absolute atomic E-state index is 0.0519. The molecule has 7 nitrogen and oxygen atoms in total. The number of fused-ring (bicyclic) bond motifs is 2. The highest BCUT2D eigenvalue weighted by molar-refractivity contribution is 5.79. The monoisotopic (exact) mass is 379 g/mol. The lowest BCUT2D eigenvalue weighted by atomic mass is 10.2. The second-order valence-corrected chi connectivity index (χ2v) is 6.68. The van der Waals surface area contributed by atoms with Crippen LogP contribution in [0.5, 0.6) is 11.5 Å². The Kier molecular flexibility index (Phi) is 5.61. The van der Waals surface area contributed by atoms with Crippen LogP contribution in [0.2, 0.25) is 0 Å². The van der Waals surface area contributed by atoms with Crippen molar-refractivity contribution in [1.82, 2.24) is 20.6 Å². The van der Waals surface area contributed by atoms with E-state index in [0.717, 1.165) is 53.7 Å². The summed E-state index contributed by atoms with van der Waals surface area (Å²) in [5.74, 6) is 3.35. The molecule has 0 bridgehead atoms. The van der Waals surface area contributed by atoms with E-state index in [1.54, 1.807) is 7.05 Å². The maximum absolute atomic E-state index is 5.96. The molecule has 0 aliphatic carbocycles. The van der Waals surface area contributed by atoms with Crippen LogP contribution >= 0.6 is 0 Å². The largest absolute Gasteiger partial charge is 0.486 e. The Morgan fingerprint density at radius 1 is 1.14 bits per heavy atom. The van der Waals surface area contributed by atoms with Crippen molar-refractivity contribution in [3.8, 4) is 11.5 Å². The molecule has 4 rings (SSSR count). The molecule has 28 heavy (non-hydrogen) atoms. The van der Waals surface area contributed by atoms with Gasteiger partial charge in [-0.25, -0.2) is 4.98 Å². The zero-order chi connectivity index (χ0) is 19.2. The standard InChI is InChI=1S/C21H25N5O2/c1-22-21(24-13-15-14-27-18-9-4-5-10-19(18)28-15)23-12-6-11-20-25-16-7-2-3-8-17(16)26-20/h2-5,7-10,15H,6,11-14H2,1H3,(H,25,26)(H2,22,23,24). The molecule has 1 aliphatic rings. The lowest BCUT2D eigenvalue weighted by Gasteiger charge is -2.27. The van der Waals surface area contributed by atoms with Gasteiger partial charge in [-0.2, -0.15) is 0 Å². The van der Waals surface area contributed by atoms with Crippen LogP contribution in [0, 0.1) is 0 Å². The van der Waals surface area contributed by atoms with Gasteiger partial charge in [-0.05, 0) is 30.7 Å². The molecule has 2 aromatic carbocycles. The number of rotatable bonds is 6. The van der Waals surface area contributed by atoms with E-state index in [-0.39, 0.29) is 6.10 Å². The maximum atomic E-state index is 5.96. The Morgan fingerprint density at radius 3 is 2.82 bits per heavy atom. The number of imidazole rings is 1. The Bertz CT molecular complexity index is 920. The van der Waals surface area contributed by atoms with E-state index in [9.17, 15) is 0 Å². The van der Waals surface area contributed by atoms with Crippen molar-refractivity contribution in [2.45, 2.75) is 18.9 Å². The fraction of sp³-hybridized carbons (Fsp3) is 0.333. The topological polar surface area (TPSA) is 83.6 Å². The highest BCUT2D eigenvalue weighted by Crippen LogP contribution is 2.30. The van der Waals surface area contributed by atoms with Gasteiger partial charge in [-0.1, -0.05) is 24.3 Å². The molecule has 2 heterocycles. The maximum Gasteiger partial charge on any atom is 0.191 e. The fourth-order valence-electron chi connectivity index (χ4n) is 3.18. The van der Waals surface area contributed by atoms with Crippen LogP contribution in [0.25, 0.3) is 11.0 Å². The van der Waals surface area contributed by atoms with E-state index in [2.05, 4.69) is 25.6 Å². The van der Waals surface area contributed by atoms with E-state index < -0.39 is 0 Å². The van der Waals surface area contributed by atoms with Crippen LogP contribution < -0.4 is 20.1 Å². The number of aryl methyl sites for hydroxylation is 1. The Labute approximate surface area is 164 Å². The molecule has 0 saturated heterocycles. The van der Waals surface area contributed by atoms with Crippen molar-refractivity contribution in [1.29, 1.82) is 0 Å². The second kappa shape index (κ2) is 8.65. The molecule has 1 aliphatic heterocycles. The van der Waals surface area contributed by atoms with Gasteiger partial charge in [-0.3, -0.25) is 4.99 Å². The number of aliphatic imine (C=N–C) groups is 1. The molecule has 1 unspecified atom stereocenters. The van der Waals surface area contributed by atoms with Crippen molar-refractivity contribution < 1.29 is 9.47 Å². The third-order valence-corrected chi connectivity index (χ3v) is 4.61. The minimum Gasteiger partial charge on any atom is -0.486 e. The molecule has 0 saturated carbocycles. The lowest BCUT2D eigenvalue weighted by Crippen LogP contribution is -2.45. The molecule has 0 amide bonds. The number of nitrogens with one attached hydrogen (secondary N) is 3. The summed E-state index contributed by atoms with van der Waals surface area (Å²) in [7, 11) is 1.77. The normalized spacial score (nSPS) is 16.2. The van der Waals surface area contributed by atoms with E-state index >= 15 is 0 Å². The van der Waals surface area contributed by atoms with Gasteiger partial charge in [0.15, 0.2) is 17.5 Å². The first-order valence-corrected chi connectivity index (χ1v) is 9.58. The van der Waals surface area contributed by atoms with Gasteiger partial charge in [-0.15, -0.1) is 0 Å². The van der Waals surface area contributed by atoms with Crippen molar-refractivity contribution >= 4 is 17.0 Å². The molecule has 0 fully saturated rings. The van der Waals surface area contributed by atoms with E-state index in [0.29, 0.717) is 13.2 Å². The van der Waals surface area contributed by atoms with Gasteiger partial charge in [0.2, 0.25) is 0 Å². The number of para-hydroxylation sites is 4. The van der Waals surface area contributed by atoms with E-state index in [1.807, 2.05) is 48.5 Å². The minimum atomic E-state index is -0.0519.